The van der Waals surface area contributed by atoms with Crippen LogP contribution >= 0.6 is 0 Å². The van der Waals surface area contributed by atoms with E-state index in [9.17, 15) is 18.0 Å². The van der Waals surface area contributed by atoms with Crippen molar-refractivity contribution in [3.05, 3.63) is 59.7 Å². The quantitative estimate of drug-likeness (QED) is 0.520. The van der Waals surface area contributed by atoms with E-state index in [1.807, 2.05) is 30.3 Å². The lowest BCUT2D eigenvalue weighted by atomic mass is 10.1. The van der Waals surface area contributed by atoms with Gasteiger partial charge in [0.25, 0.3) is 0 Å². The van der Waals surface area contributed by atoms with Crippen LogP contribution in [0.1, 0.15) is 30.9 Å². The van der Waals surface area contributed by atoms with E-state index in [1.54, 1.807) is 44.0 Å². The number of sulfonamides is 1. The van der Waals surface area contributed by atoms with Gasteiger partial charge in [0.05, 0.1) is 11.4 Å². The summed E-state index contributed by atoms with van der Waals surface area (Å²) in [6.07, 6.45) is 0.604. The first-order valence-corrected chi connectivity index (χ1v) is 11.8. The molecule has 3 N–H and O–H groups in total. The molecule has 0 aliphatic rings. The van der Waals surface area contributed by atoms with Gasteiger partial charge < -0.3 is 15.5 Å². The maximum atomic E-state index is 12.3. The summed E-state index contributed by atoms with van der Waals surface area (Å²) in [5, 5.41) is 5.50. The van der Waals surface area contributed by atoms with E-state index < -0.39 is 10.0 Å². The normalized spacial score (nSPS) is 10.9. The molecule has 0 bridgehead atoms. The molecule has 9 heteroatoms. The molecule has 0 spiro atoms. The monoisotopic (exact) mass is 446 g/mol. The lowest BCUT2D eigenvalue weighted by Crippen LogP contribution is -2.38. The minimum atomic E-state index is -3.42. The molecule has 0 saturated carbocycles. The van der Waals surface area contributed by atoms with Crippen molar-refractivity contribution in [1.82, 2.24) is 10.2 Å². The summed E-state index contributed by atoms with van der Waals surface area (Å²) in [6, 6.07) is 14.4. The van der Waals surface area contributed by atoms with Gasteiger partial charge in [-0.2, -0.15) is 0 Å². The molecule has 0 heterocycles. The number of nitrogens with zero attached hydrogens (tertiary/aromatic N) is 1. The van der Waals surface area contributed by atoms with Gasteiger partial charge in [0.2, 0.25) is 15.9 Å². The van der Waals surface area contributed by atoms with E-state index in [1.165, 1.54) is 0 Å². The van der Waals surface area contributed by atoms with Crippen molar-refractivity contribution in [2.75, 3.05) is 29.4 Å². The topological polar surface area (TPSA) is 108 Å². The van der Waals surface area contributed by atoms with Gasteiger partial charge in [-0.15, -0.1) is 0 Å². The molecule has 2 aromatic rings. The van der Waals surface area contributed by atoms with Gasteiger partial charge >= 0.3 is 6.03 Å². The Labute approximate surface area is 184 Å². The summed E-state index contributed by atoms with van der Waals surface area (Å²) in [5.41, 5.74) is 2.60. The number of anilines is 2. The number of rotatable bonds is 10. The Bertz CT molecular complexity index is 994. The molecule has 31 heavy (non-hydrogen) atoms. The zero-order chi connectivity index (χ0) is 22.9. The van der Waals surface area contributed by atoms with Crippen molar-refractivity contribution >= 4 is 33.3 Å². The Morgan fingerprint density at radius 1 is 1.00 bits per heavy atom. The highest BCUT2D eigenvalue weighted by molar-refractivity contribution is 7.92. The predicted molar refractivity (Wildman–Crippen MR) is 123 cm³/mol. The Kier molecular flexibility index (Phi) is 8.87. The molecule has 2 aromatic carbocycles. The van der Waals surface area contributed by atoms with Crippen LogP contribution in [0.25, 0.3) is 0 Å². The average molecular weight is 447 g/mol. The minimum absolute atomic E-state index is 0.0292. The lowest BCUT2D eigenvalue weighted by Gasteiger charge is -2.18. The maximum absolute atomic E-state index is 12.3. The van der Waals surface area contributed by atoms with E-state index >= 15 is 0 Å². The van der Waals surface area contributed by atoms with Crippen molar-refractivity contribution in [2.45, 2.75) is 33.2 Å². The highest BCUT2D eigenvalue weighted by Gasteiger charge is 2.14. The SMILES string of the molecule is CCCS(=O)(=O)Nc1cccc(NC(=O)CCNC(=O)N(C)Cc2ccccc2)c1C. The second-order valence-electron chi connectivity index (χ2n) is 7.27. The van der Waals surface area contributed by atoms with Crippen molar-refractivity contribution in [2.24, 2.45) is 0 Å². The van der Waals surface area contributed by atoms with E-state index in [0.29, 0.717) is 29.9 Å². The Morgan fingerprint density at radius 2 is 1.68 bits per heavy atom. The molecular weight excluding hydrogens is 416 g/mol. The van der Waals surface area contributed by atoms with Crippen molar-refractivity contribution < 1.29 is 18.0 Å². The molecule has 168 valence electrons. The van der Waals surface area contributed by atoms with Crippen LogP contribution in [-0.2, 0) is 21.4 Å². The van der Waals surface area contributed by atoms with Gasteiger partial charge in [-0.1, -0.05) is 43.3 Å². The third-order valence-electron chi connectivity index (χ3n) is 4.58. The van der Waals surface area contributed by atoms with E-state index in [2.05, 4.69) is 15.4 Å². The van der Waals surface area contributed by atoms with E-state index in [0.717, 1.165) is 5.56 Å². The zero-order valence-electron chi connectivity index (χ0n) is 18.1. The molecule has 0 aliphatic heterocycles. The van der Waals surface area contributed by atoms with Gasteiger partial charge in [0.1, 0.15) is 0 Å². The fourth-order valence-electron chi connectivity index (χ4n) is 2.93. The third-order valence-corrected chi connectivity index (χ3v) is 6.06. The second kappa shape index (κ2) is 11.4. The van der Waals surface area contributed by atoms with Crippen LogP contribution in [0.3, 0.4) is 0 Å². The highest BCUT2D eigenvalue weighted by atomic mass is 32.2. The molecule has 8 nitrogen and oxygen atoms in total. The average Bonchev–Trinajstić information content (AvgIpc) is 2.71. The number of carbonyl (C=O) groups is 2. The second-order valence-corrected chi connectivity index (χ2v) is 9.11. The van der Waals surface area contributed by atoms with Crippen molar-refractivity contribution in [3.63, 3.8) is 0 Å². The van der Waals surface area contributed by atoms with Crippen LogP contribution in [0.4, 0.5) is 16.2 Å². The molecule has 0 fully saturated rings. The first kappa shape index (κ1) is 24.2. The van der Waals surface area contributed by atoms with Gasteiger partial charge in [-0.05, 0) is 36.6 Å². The van der Waals surface area contributed by atoms with Crippen LogP contribution in [-0.4, -0.2) is 44.6 Å². The maximum Gasteiger partial charge on any atom is 0.317 e. The summed E-state index contributed by atoms with van der Waals surface area (Å²) in [7, 11) is -1.73. The van der Waals surface area contributed by atoms with Gasteiger partial charge in [0, 0.05) is 32.2 Å². The van der Waals surface area contributed by atoms with Crippen molar-refractivity contribution in [1.29, 1.82) is 0 Å². The number of hydrogen-bond acceptors (Lipinski definition) is 4. The van der Waals surface area contributed by atoms with Crippen LogP contribution in [0.15, 0.2) is 48.5 Å². The third kappa shape index (κ3) is 7.93. The molecule has 0 saturated heterocycles. The Hall–Kier alpha value is -3.07. The van der Waals surface area contributed by atoms with Crippen molar-refractivity contribution in [3.8, 4) is 0 Å². The zero-order valence-corrected chi connectivity index (χ0v) is 19.0. The van der Waals surface area contributed by atoms with Crippen LogP contribution in [0.2, 0.25) is 0 Å². The van der Waals surface area contributed by atoms with Gasteiger partial charge in [0.15, 0.2) is 0 Å². The molecule has 0 unspecified atom stereocenters. The lowest BCUT2D eigenvalue weighted by molar-refractivity contribution is -0.116. The summed E-state index contributed by atoms with van der Waals surface area (Å²) < 4.78 is 26.6. The number of nitrogens with one attached hydrogen (secondary N) is 3. The Balaban J connectivity index is 1.84. The first-order valence-electron chi connectivity index (χ1n) is 10.1. The Morgan fingerprint density at radius 3 is 2.35 bits per heavy atom. The number of amides is 3. The van der Waals surface area contributed by atoms with Gasteiger partial charge in [-0.3, -0.25) is 9.52 Å². The van der Waals surface area contributed by atoms with Crippen LogP contribution in [0.5, 0.6) is 0 Å². The summed E-state index contributed by atoms with van der Waals surface area (Å²) >= 11 is 0. The number of hydrogen-bond donors (Lipinski definition) is 3. The number of urea groups is 1. The van der Waals surface area contributed by atoms with Crippen LogP contribution < -0.4 is 15.4 Å². The fourth-order valence-corrected chi connectivity index (χ4v) is 4.12. The minimum Gasteiger partial charge on any atom is -0.337 e. The highest BCUT2D eigenvalue weighted by Crippen LogP contribution is 2.24. The first-order chi connectivity index (χ1) is 14.7. The summed E-state index contributed by atoms with van der Waals surface area (Å²) in [5.74, 6) is -0.246. The molecule has 0 atom stereocenters. The van der Waals surface area contributed by atoms with E-state index in [-0.39, 0.29) is 30.7 Å². The molecule has 2 rings (SSSR count). The van der Waals surface area contributed by atoms with Crippen LogP contribution in [0, 0.1) is 6.92 Å². The molecule has 0 aliphatic carbocycles. The molecule has 3 amide bonds. The van der Waals surface area contributed by atoms with E-state index in [4.69, 9.17) is 0 Å². The standard InChI is InChI=1S/C22H30N4O4S/c1-4-15-31(29,30)25-20-12-8-11-19(17(20)2)24-21(27)13-14-23-22(28)26(3)16-18-9-6-5-7-10-18/h5-12,25H,4,13-16H2,1-3H3,(H,23,28)(H,24,27). The molecular formula is C22H30N4O4S. The summed E-state index contributed by atoms with van der Waals surface area (Å²) in [6.45, 7) is 4.19. The molecule has 0 aromatic heterocycles. The number of benzene rings is 2. The van der Waals surface area contributed by atoms with Gasteiger partial charge in [-0.25, -0.2) is 13.2 Å². The largest absolute Gasteiger partial charge is 0.337 e. The number of carbonyl (C=O) groups excluding carboxylic acids is 2. The summed E-state index contributed by atoms with van der Waals surface area (Å²) in [4.78, 5) is 26.0. The molecule has 0 radical (unpaired) electrons. The predicted octanol–water partition coefficient (Wildman–Crippen LogP) is 3.32. The smallest absolute Gasteiger partial charge is 0.317 e. The fraction of sp³-hybridized carbons (Fsp3) is 0.364.